The highest BCUT2D eigenvalue weighted by atomic mass is 127. The molecule has 0 atom stereocenters. The van der Waals surface area contributed by atoms with E-state index in [0.717, 1.165) is 14.2 Å². The maximum Gasteiger partial charge on any atom is 0.324 e. The van der Waals surface area contributed by atoms with Gasteiger partial charge >= 0.3 is 6.03 Å². The van der Waals surface area contributed by atoms with Gasteiger partial charge in [0.05, 0.1) is 6.54 Å². The molecule has 1 aromatic carbocycles. The van der Waals surface area contributed by atoms with Gasteiger partial charge in [0.15, 0.2) is 0 Å². The molecular weight excluding hydrogens is 373 g/mol. The van der Waals surface area contributed by atoms with E-state index in [2.05, 4.69) is 33.2 Å². The van der Waals surface area contributed by atoms with Crippen molar-refractivity contribution in [1.82, 2.24) is 10.2 Å². The van der Waals surface area contributed by atoms with Crippen molar-refractivity contribution in [2.24, 2.45) is 0 Å². The van der Waals surface area contributed by atoms with Gasteiger partial charge in [0.1, 0.15) is 0 Å². The van der Waals surface area contributed by atoms with Crippen LogP contribution in [-0.2, 0) is 9.59 Å². The molecule has 0 saturated carbocycles. The van der Waals surface area contributed by atoms with E-state index >= 15 is 0 Å². The molecular formula is C13H14IN3O3. The quantitative estimate of drug-likeness (QED) is 0.595. The third-order valence-corrected chi connectivity index (χ3v) is 3.50. The van der Waals surface area contributed by atoms with Crippen LogP contribution in [0.3, 0.4) is 0 Å². The zero-order valence-corrected chi connectivity index (χ0v) is 12.8. The molecule has 1 aromatic rings. The molecule has 0 aromatic heterocycles. The average molecular weight is 387 g/mol. The van der Waals surface area contributed by atoms with E-state index in [4.69, 9.17) is 0 Å². The van der Waals surface area contributed by atoms with E-state index in [0.29, 0.717) is 6.42 Å². The highest BCUT2D eigenvalue weighted by Crippen LogP contribution is 2.13. The van der Waals surface area contributed by atoms with Crippen molar-refractivity contribution in [3.05, 3.63) is 27.8 Å². The van der Waals surface area contributed by atoms with Crippen LogP contribution in [0.1, 0.15) is 12.8 Å². The fourth-order valence-electron chi connectivity index (χ4n) is 1.87. The van der Waals surface area contributed by atoms with Crippen LogP contribution in [0.4, 0.5) is 10.5 Å². The number of amides is 4. The molecule has 2 rings (SSSR count). The van der Waals surface area contributed by atoms with Gasteiger partial charge in [-0.1, -0.05) is 6.07 Å². The Hall–Kier alpha value is -1.64. The zero-order chi connectivity index (χ0) is 14.5. The molecule has 1 aliphatic heterocycles. The number of hydrogen-bond donors (Lipinski definition) is 2. The van der Waals surface area contributed by atoms with Crippen molar-refractivity contribution in [3.8, 4) is 0 Å². The van der Waals surface area contributed by atoms with Crippen molar-refractivity contribution in [3.63, 3.8) is 0 Å². The number of benzene rings is 1. The molecule has 1 saturated heterocycles. The standard InChI is InChI=1S/C13H14IN3O3/c14-9-3-1-4-10(7-9)16-11(18)5-2-6-17-12(19)8-15-13(17)20/h1,3-4,7H,2,5-6,8H2,(H,15,20)(H,16,18). The van der Waals surface area contributed by atoms with Crippen LogP contribution < -0.4 is 10.6 Å². The van der Waals surface area contributed by atoms with Gasteiger partial charge < -0.3 is 10.6 Å². The van der Waals surface area contributed by atoms with Gasteiger partial charge in [0, 0.05) is 22.2 Å². The van der Waals surface area contributed by atoms with E-state index in [9.17, 15) is 14.4 Å². The number of hydrogen-bond acceptors (Lipinski definition) is 3. The Morgan fingerprint density at radius 1 is 1.40 bits per heavy atom. The molecule has 0 unspecified atom stereocenters. The summed E-state index contributed by atoms with van der Waals surface area (Å²) in [5.74, 6) is -0.368. The van der Waals surface area contributed by atoms with E-state index in [1.165, 1.54) is 0 Å². The van der Waals surface area contributed by atoms with Crippen molar-refractivity contribution in [1.29, 1.82) is 0 Å². The zero-order valence-electron chi connectivity index (χ0n) is 10.7. The summed E-state index contributed by atoms with van der Waals surface area (Å²) in [6, 6.07) is 7.11. The summed E-state index contributed by atoms with van der Waals surface area (Å²) in [5.41, 5.74) is 0.747. The number of imide groups is 1. The van der Waals surface area contributed by atoms with Crippen LogP contribution in [0.25, 0.3) is 0 Å². The van der Waals surface area contributed by atoms with Crippen molar-refractivity contribution < 1.29 is 14.4 Å². The van der Waals surface area contributed by atoms with Crippen LogP contribution in [-0.4, -0.2) is 35.8 Å². The predicted molar refractivity (Wildman–Crippen MR) is 82.1 cm³/mol. The van der Waals surface area contributed by atoms with Crippen LogP contribution in [0, 0.1) is 3.57 Å². The molecule has 1 aliphatic rings. The monoisotopic (exact) mass is 387 g/mol. The minimum Gasteiger partial charge on any atom is -0.329 e. The van der Waals surface area contributed by atoms with Gasteiger partial charge in [0.2, 0.25) is 11.8 Å². The SMILES string of the molecule is O=C(CCCN1C(=O)CNC1=O)Nc1cccc(I)c1. The van der Waals surface area contributed by atoms with Crippen LogP contribution in [0.5, 0.6) is 0 Å². The minimum atomic E-state index is -0.381. The van der Waals surface area contributed by atoms with Gasteiger partial charge in [-0.15, -0.1) is 0 Å². The lowest BCUT2D eigenvalue weighted by molar-refractivity contribution is -0.125. The second kappa shape index (κ2) is 6.69. The molecule has 1 fully saturated rings. The van der Waals surface area contributed by atoms with Gasteiger partial charge in [-0.05, 0) is 47.2 Å². The van der Waals surface area contributed by atoms with Crippen molar-refractivity contribution in [2.45, 2.75) is 12.8 Å². The van der Waals surface area contributed by atoms with E-state index < -0.39 is 0 Å². The second-order valence-electron chi connectivity index (χ2n) is 4.37. The molecule has 6 nitrogen and oxygen atoms in total. The first-order chi connectivity index (χ1) is 9.56. The summed E-state index contributed by atoms with van der Waals surface area (Å²) < 4.78 is 1.04. The summed E-state index contributed by atoms with van der Waals surface area (Å²) in [7, 11) is 0. The highest BCUT2D eigenvalue weighted by Gasteiger charge is 2.27. The molecule has 20 heavy (non-hydrogen) atoms. The molecule has 0 radical (unpaired) electrons. The summed E-state index contributed by atoms with van der Waals surface area (Å²) >= 11 is 2.17. The van der Waals surface area contributed by atoms with E-state index in [1.807, 2.05) is 24.3 Å². The van der Waals surface area contributed by atoms with Gasteiger partial charge in [-0.2, -0.15) is 0 Å². The number of urea groups is 1. The fraction of sp³-hybridized carbons (Fsp3) is 0.308. The fourth-order valence-corrected chi connectivity index (χ4v) is 2.41. The molecule has 0 spiro atoms. The topological polar surface area (TPSA) is 78.5 Å². The third-order valence-electron chi connectivity index (χ3n) is 2.83. The van der Waals surface area contributed by atoms with Crippen molar-refractivity contribution >= 4 is 46.1 Å². The smallest absolute Gasteiger partial charge is 0.324 e. The maximum atomic E-state index is 11.7. The summed E-state index contributed by atoms with van der Waals surface area (Å²) in [5, 5.41) is 5.22. The largest absolute Gasteiger partial charge is 0.329 e. The number of rotatable bonds is 5. The third kappa shape index (κ3) is 3.92. The number of carbonyl (C=O) groups is 3. The summed E-state index contributed by atoms with van der Waals surface area (Å²) in [6.07, 6.45) is 0.720. The second-order valence-corrected chi connectivity index (χ2v) is 5.61. The Morgan fingerprint density at radius 2 is 2.20 bits per heavy atom. The van der Waals surface area contributed by atoms with Crippen LogP contribution in [0.15, 0.2) is 24.3 Å². The molecule has 106 valence electrons. The van der Waals surface area contributed by atoms with Gasteiger partial charge in [-0.25, -0.2) is 4.79 Å². The van der Waals surface area contributed by atoms with Crippen molar-refractivity contribution in [2.75, 3.05) is 18.4 Å². The average Bonchev–Trinajstić information content (AvgIpc) is 2.70. The first-order valence-electron chi connectivity index (χ1n) is 6.20. The molecule has 2 N–H and O–H groups in total. The normalized spacial score (nSPS) is 14.3. The molecule has 0 bridgehead atoms. The van der Waals surface area contributed by atoms with Gasteiger partial charge in [0.25, 0.3) is 0 Å². The Kier molecular flexibility index (Phi) is 4.94. The lowest BCUT2D eigenvalue weighted by Crippen LogP contribution is -2.32. The molecule has 1 heterocycles. The number of halogens is 1. The lowest BCUT2D eigenvalue weighted by atomic mass is 10.2. The lowest BCUT2D eigenvalue weighted by Gasteiger charge is -2.11. The molecule has 4 amide bonds. The highest BCUT2D eigenvalue weighted by molar-refractivity contribution is 14.1. The minimum absolute atomic E-state index is 0.0491. The number of nitrogens with zero attached hydrogens (tertiary/aromatic N) is 1. The number of anilines is 1. The number of nitrogens with one attached hydrogen (secondary N) is 2. The van der Waals surface area contributed by atoms with Crippen LogP contribution >= 0.6 is 22.6 Å². The first kappa shape index (κ1) is 14.8. The number of carbonyl (C=O) groups excluding carboxylic acids is 3. The van der Waals surface area contributed by atoms with Gasteiger partial charge in [-0.3, -0.25) is 14.5 Å². The van der Waals surface area contributed by atoms with E-state index in [-0.39, 0.29) is 37.4 Å². The Morgan fingerprint density at radius 3 is 2.85 bits per heavy atom. The molecule has 0 aliphatic carbocycles. The van der Waals surface area contributed by atoms with Crippen LogP contribution in [0.2, 0.25) is 0 Å². The summed E-state index contributed by atoms with van der Waals surface area (Å²) in [4.78, 5) is 35.5. The van der Waals surface area contributed by atoms with E-state index in [1.54, 1.807) is 0 Å². The predicted octanol–water partition coefficient (Wildman–Crippen LogP) is 1.56. The Bertz CT molecular complexity index is 531. The maximum absolute atomic E-state index is 11.7. The molecule has 7 heteroatoms. The first-order valence-corrected chi connectivity index (χ1v) is 7.28. The summed E-state index contributed by atoms with van der Waals surface area (Å²) in [6.45, 7) is 0.317. The Balaban J connectivity index is 1.75. The Labute approximate surface area is 130 Å².